The van der Waals surface area contributed by atoms with Gasteiger partial charge in [0.25, 0.3) is 5.91 Å². The molecule has 2 aliphatic rings. The Labute approximate surface area is 146 Å². The van der Waals surface area contributed by atoms with Gasteiger partial charge in [0.1, 0.15) is 5.82 Å². The Morgan fingerprint density at radius 1 is 1.32 bits per heavy atom. The van der Waals surface area contributed by atoms with Crippen LogP contribution in [0.2, 0.25) is 0 Å². The highest BCUT2D eigenvalue weighted by molar-refractivity contribution is 5.91. The first kappa shape index (κ1) is 16.1. The maximum absolute atomic E-state index is 12.7. The molecule has 2 fully saturated rings. The number of hydrogen-bond donors (Lipinski definition) is 1. The summed E-state index contributed by atoms with van der Waals surface area (Å²) in [5.41, 5.74) is 0.824. The lowest BCUT2D eigenvalue weighted by Crippen LogP contribution is -2.33. The molecule has 1 N–H and O–H groups in total. The van der Waals surface area contributed by atoms with Crippen molar-refractivity contribution in [2.45, 2.75) is 38.6 Å². The number of nitrogens with one attached hydrogen (secondary N) is 1. The molecule has 2 aromatic heterocycles. The van der Waals surface area contributed by atoms with E-state index in [4.69, 9.17) is 4.52 Å². The molecule has 132 valence electrons. The van der Waals surface area contributed by atoms with Crippen LogP contribution in [-0.2, 0) is 0 Å². The predicted octanol–water partition coefficient (Wildman–Crippen LogP) is 2.55. The van der Waals surface area contributed by atoms with Crippen LogP contribution >= 0.6 is 0 Å². The van der Waals surface area contributed by atoms with Crippen LogP contribution < -0.4 is 5.32 Å². The van der Waals surface area contributed by atoms with Crippen molar-refractivity contribution in [3.63, 3.8) is 0 Å². The van der Waals surface area contributed by atoms with Gasteiger partial charge in [-0.1, -0.05) is 19.0 Å². The van der Waals surface area contributed by atoms with Crippen LogP contribution in [0.3, 0.4) is 0 Å². The molecule has 7 nitrogen and oxygen atoms in total. The number of carbonyl (C=O) groups is 1. The van der Waals surface area contributed by atoms with Crippen molar-refractivity contribution < 1.29 is 9.32 Å². The van der Waals surface area contributed by atoms with Crippen molar-refractivity contribution in [3.8, 4) is 0 Å². The molecular weight excluding hydrogens is 318 g/mol. The first-order valence-electron chi connectivity index (χ1n) is 8.90. The number of amides is 1. The summed E-state index contributed by atoms with van der Waals surface area (Å²) in [6.45, 7) is 5.61. The first-order chi connectivity index (χ1) is 12.1. The van der Waals surface area contributed by atoms with Crippen molar-refractivity contribution in [3.05, 3.63) is 36.1 Å². The van der Waals surface area contributed by atoms with Gasteiger partial charge in [0, 0.05) is 43.5 Å². The molecule has 1 amide bonds. The summed E-state index contributed by atoms with van der Waals surface area (Å²) in [7, 11) is 0. The number of carbonyl (C=O) groups excluding carboxylic acids is 1. The fraction of sp³-hybridized carbons (Fsp3) is 0.556. The molecule has 0 spiro atoms. The Morgan fingerprint density at radius 2 is 2.20 bits per heavy atom. The van der Waals surface area contributed by atoms with Gasteiger partial charge in [-0.25, -0.2) is 4.98 Å². The third kappa shape index (κ3) is 3.10. The van der Waals surface area contributed by atoms with Gasteiger partial charge in [-0.05, 0) is 24.7 Å². The zero-order chi connectivity index (χ0) is 17.4. The third-order valence-electron chi connectivity index (χ3n) is 5.37. The maximum atomic E-state index is 12.7. The number of aromatic nitrogens is 3. The van der Waals surface area contributed by atoms with Gasteiger partial charge in [0.2, 0.25) is 5.76 Å². The molecule has 4 rings (SSSR count). The molecule has 1 aliphatic carbocycles. The molecule has 1 aliphatic heterocycles. The molecule has 0 bridgehead atoms. The standard InChI is InChI=1S/C18H23N5O2/c1-11(2)15-7-16(25-22-15)18(24)23-9-12-3-4-14(13(12)10-23)21-17-8-19-5-6-20-17/h5-8,11-14H,3-4,9-10H2,1-2H3,(H,20,21)/t12-,13+,14+/m0/s1. The minimum Gasteiger partial charge on any atom is -0.366 e. The number of hydrogen-bond acceptors (Lipinski definition) is 6. The third-order valence-corrected chi connectivity index (χ3v) is 5.37. The van der Waals surface area contributed by atoms with E-state index in [2.05, 4.69) is 20.4 Å². The summed E-state index contributed by atoms with van der Waals surface area (Å²) in [5, 5.41) is 7.48. The second kappa shape index (κ2) is 6.46. The molecule has 25 heavy (non-hydrogen) atoms. The summed E-state index contributed by atoms with van der Waals surface area (Å²) in [5.74, 6) is 2.33. The number of likely N-dealkylation sites (tertiary alicyclic amines) is 1. The van der Waals surface area contributed by atoms with Crippen molar-refractivity contribution in [2.75, 3.05) is 18.4 Å². The van der Waals surface area contributed by atoms with E-state index in [-0.39, 0.29) is 11.8 Å². The number of fused-ring (bicyclic) bond motifs is 1. The molecule has 1 saturated carbocycles. The zero-order valence-corrected chi connectivity index (χ0v) is 14.6. The molecule has 0 radical (unpaired) electrons. The molecular formula is C18H23N5O2. The lowest BCUT2D eigenvalue weighted by atomic mass is 9.98. The van der Waals surface area contributed by atoms with Crippen LogP contribution in [0.25, 0.3) is 0 Å². The number of anilines is 1. The Balaban J connectivity index is 1.42. The van der Waals surface area contributed by atoms with E-state index in [0.717, 1.165) is 37.4 Å². The first-order valence-corrected chi connectivity index (χ1v) is 8.90. The second-order valence-electron chi connectivity index (χ2n) is 7.32. The minimum absolute atomic E-state index is 0.0490. The molecule has 0 aromatic carbocycles. The fourth-order valence-corrected chi connectivity index (χ4v) is 3.99. The Morgan fingerprint density at radius 3 is 2.92 bits per heavy atom. The van der Waals surface area contributed by atoms with Gasteiger partial charge in [-0.3, -0.25) is 9.78 Å². The Kier molecular flexibility index (Phi) is 4.15. The van der Waals surface area contributed by atoms with Crippen LogP contribution in [0, 0.1) is 11.8 Å². The van der Waals surface area contributed by atoms with E-state index < -0.39 is 0 Å². The van der Waals surface area contributed by atoms with Crippen molar-refractivity contribution in [1.82, 2.24) is 20.0 Å². The van der Waals surface area contributed by atoms with Crippen molar-refractivity contribution >= 4 is 11.7 Å². The van der Waals surface area contributed by atoms with Crippen molar-refractivity contribution in [2.24, 2.45) is 11.8 Å². The SMILES string of the molecule is CC(C)c1cc(C(=O)N2C[C@@H]3CC[C@@H](Nc4cnccn4)[C@@H]3C2)on1. The number of rotatable bonds is 4. The topological polar surface area (TPSA) is 84.2 Å². The predicted molar refractivity (Wildman–Crippen MR) is 92.2 cm³/mol. The van der Waals surface area contributed by atoms with Gasteiger partial charge in [0.15, 0.2) is 0 Å². The molecule has 7 heteroatoms. The lowest BCUT2D eigenvalue weighted by Gasteiger charge is -2.21. The van der Waals surface area contributed by atoms with E-state index in [9.17, 15) is 4.79 Å². The van der Waals surface area contributed by atoms with Crippen LogP contribution in [0.5, 0.6) is 0 Å². The highest BCUT2D eigenvalue weighted by Crippen LogP contribution is 2.39. The molecule has 0 unspecified atom stereocenters. The largest absolute Gasteiger partial charge is 0.366 e. The molecule has 1 saturated heterocycles. The van der Waals surface area contributed by atoms with Crippen LogP contribution in [0.4, 0.5) is 5.82 Å². The van der Waals surface area contributed by atoms with Gasteiger partial charge in [-0.2, -0.15) is 0 Å². The molecule has 3 heterocycles. The second-order valence-corrected chi connectivity index (χ2v) is 7.32. The van der Waals surface area contributed by atoms with E-state index in [0.29, 0.717) is 23.6 Å². The van der Waals surface area contributed by atoms with E-state index >= 15 is 0 Å². The summed E-state index contributed by atoms with van der Waals surface area (Å²) in [6.07, 6.45) is 7.33. The smallest absolute Gasteiger partial charge is 0.292 e. The minimum atomic E-state index is -0.0490. The number of nitrogens with zero attached hydrogens (tertiary/aromatic N) is 4. The quantitative estimate of drug-likeness (QED) is 0.920. The van der Waals surface area contributed by atoms with E-state index in [1.807, 2.05) is 18.7 Å². The average molecular weight is 341 g/mol. The molecule has 2 aromatic rings. The Hall–Kier alpha value is -2.44. The Bertz CT molecular complexity index is 745. The summed E-state index contributed by atoms with van der Waals surface area (Å²) >= 11 is 0. The highest BCUT2D eigenvalue weighted by Gasteiger charge is 2.44. The van der Waals surface area contributed by atoms with Crippen LogP contribution in [-0.4, -0.2) is 45.1 Å². The highest BCUT2D eigenvalue weighted by atomic mass is 16.5. The fourth-order valence-electron chi connectivity index (χ4n) is 3.99. The summed E-state index contributed by atoms with van der Waals surface area (Å²) < 4.78 is 5.27. The normalized spacial score (nSPS) is 25.4. The summed E-state index contributed by atoms with van der Waals surface area (Å²) in [4.78, 5) is 23.0. The molecule has 3 atom stereocenters. The monoisotopic (exact) mass is 341 g/mol. The summed E-state index contributed by atoms with van der Waals surface area (Å²) in [6, 6.07) is 2.11. The van der Waals surface area contributed by atoms with Crippen LogP contribution in [0.15, 0.2) is 29.2 Å². The van der Waals surface area contributed by atoms with Gasteiger partial charge >= 0.3 is 0 Å². The lowest BCUT2D eigenvalue weighted by molar-refractivity contribution is 0.0738. The van der Waals surface area contributed by atoms with Gasteiger partial charge in [0.05, 0.1) is 11.9 Å². The van der Waals surface area contributed by atoms with Gasteiger partial charge < -0.3 is 14.7 Å². The van der Waals surface area contributed by atoms with Gasteiger partial charge in [-0.15, -0.1) is 0 Å². The van der Waals surface area contributed by atoms with E-state index in [1.54, 1.807) is 24.7 Å². The van der Waals surface area contributed by atoms with E-state index in [1.165, 1.54) is 0 Å². The van der Waals surface area contributed by atoms with Crippen LogP contribution in [0.1, 0.15) is 48.9 Å². The zero-order valence-electron chi connectivity index (χ0n) is 14.6. The van der Waals surface area contributed by atoms with Crippen molar-refractivity contribution in [1.29, 1.82) is 0 Å². The maximum Gasteiger partial charge on any atom is 0.292 e. The average Bonchev–Trinajstić information content (AvgIpc) is 3.32.